The van der Waals surface area contributed by atoms with Gasteiger partial charge in [0.05, 0.1) is 4.88 Å². The second-order valence-corrected chi connectivity index (χ2v) is 8.36. The van der Waals surface area contributed by atoms with Crippen molar-refractivity contribution < 1.29 is 9.59 Å². The van der Waals surface area contributed by atoms with Gasteiger partial charge >= 0.3 is 0 Å². The highest BCUT2D eigenvalue weighted by Gasteiger charge is 2.29. The maximum Gasteiger partial charge on any atom is 0.259 e. The standard InChI is InChI=1S/C20H26N2O2S/c1-13(2)11-18(23)22-10-6-5-7-14(22)12-16-15-8-3-4-9-17(15)25-19(16)20(21)24/h3-4,8-9,13-14H,5-7,10-12H2,1-2H3,(H2,21,24)/t14-/m1/s1. The van der Waals surface area contributed by atoms with E-state index in [1.165, 1.54) is 11.3 Å². The molecule has 0 bridgehead atoms. The van der Waals surface area contributed by atoms with Crippen LogP contribution in [0.3, 0.4) is 0 Å². The molecule has 0 radical (unpaired) electrons. The predicted octanol–water partition coefficient (Wildman–Crippen LogP) is 3.97. The molecule has 1 aliphatic rings. The summed E-state index contributed by atoms with van der Waals surface area (Å²) in [4.78, 5) is 27.3. The van der Waals surface area contributed by atoms with Gasteiger partial charge in [-0.3, -0.25) is 9.59 Å². The summed E-state index contributed by atoms with van der Waals surface area (Å²) in [6, 6.07) is 8.21. The normalized spacial score (nSPS) is 18.0. The minimum absolute atomic E-state index is 0.163. The van der Waals surface area contributed by atoms with Crippen LogP contribution in [0.25, 0.3) is 10.1 Å². The Morgan fingerprint density at radius 3 is 2.76 bits per heavy atom. The molecule has 1 atom stereocenters. The van der Waals surface area contributed by atoms with Crippen molar-refractivity contribution >= 4 is 33.2 Å². The van der Waals surface area contributed by atoms with Crippen molar-refractivity contribution in [3.05, 3.63) is 34.7 Å². The zero-order valence-electron chi connectivity index (χ0n) is 15.0. The number of rotatable bonds is 5. The van der Waals surface area contributed by atoms with Crippen LogP contribution >= 0.6 is 11.3 Å². The second kappa shape index (κ2) is 7.56. The van der Waals surface area contributed by atoms with Crippen LogP contribution in [0.4, 0.5) is 0 Å². The van der Waals surface area contributed by atoms with Gasteiger partial charge in [-0.25, -0.2) is 0 Å². The van der Waals surface area contributed by atoms with Gasteiger partial charge in [-0.15, -0.1) is 11.3 Å². The monoisotopic (exact) mass is 358 g/mol. The van der Waals surface area contributed by atoms with Crippen LogP contribution < -0.4 is 5.73 Å². The molecule has 1 fully saturated rings. The molecule has 2 amide bonds. The highest BCUT2D eigenvalue weighted by atomic mass is 32.1. The Morgan fingerprint density at radius 1 is 1.28 bits per heavy atom. The van der Waals surface area contributed by atoms with Gasteiger partial charge in [-0.2, -0.15) is 0 Å². The summed E-state index contributed by atoms with van der Waals surface area (Å²) in [5.41, 5.74) is 6.65. The minimum Gasteiger partial charge on any atom is -0.365 e. The summed E-state index contributed by atoms with van der Waals surface area (Å²) in [6.45, 7) is 4.98. The van der Waals surface area contributed by atoms with Gasteiger partial charge in [-0.1, -0.05) is 32.0 Å². The maximum absolute atomic E-state index is 12.7. The van der Waals surface area contributed by atoms with E-state index in [-0.39, 0.29) is 17.9 Å². The third-order valence-electron chi connectivity index (χ3n) is 4.89. The summed E-state index contributed by atoms with van der Waals surface area (Å²) < 4.78 is 1.09. The zero-order chi connectivity index (χ0) is 18.0. The number of nitrogens with zero attached hydrogens (tertiary/aromatic N) is 1. The number of carbonyl (C=O) groups is 2. The first-order valence-electron chi connectivity index (χ1n) is 9.07. The average Bonchev–Trinajstić information content (AvgIpc) is 2.94. The molecular formula is C20H26N2O2S. The molecule has 134 valence electrons. The van der Waals surface area contributed by atoms with Crippen LogP contribution in [0.15, 0.2) is 24.3 Å². The summed E-state index contributed by atoms with van der Waals surface area (Å²) >= 11 is 1.46. The zero-order valence-corrected chi connectivity index (χ0v) is 15.8. The van der Waals surface area contributed by atoms with Crippen LogP contribution in [0, 0.1) is 5.92 Å². The van der Waals surface area contributed by atoms with E-state index in [2.05, 4.69) is 19.9 Å². The molecule has 25 heavy (non-hydrogen) atoms. The van der Waals surface area contributed by atoms with Crippen molar-refractivity contribution in [2.45, 2.75) is 52.0 Å². The lowest BCUT2D eigenvalue weighted by atomic mass is 9.93. The van der Waals surface area contributed by atoms with Gasteiger partial charge < -0.3 is 10.6 Å². The Kier molecular flexibility index (Phi) is 5.42. The number of piperidine rings is 1. The fraction of sp³-hybridized carbons (Fsp3) is 0.500. The Morgan fingerprint density at radius 2 is 2.04 bits per heavy atom. The van der Waals surface area contributed by atoms with Gasteiger partial charge in [0.15, 0.2) is 0 Å². The number of carbonyl (C=O) groups excluding carboxylic acids is 2. The summed E-state index contributed by atoms with van der Waals surface area (Å²) in [6.07, 6.45) is 4.49. The molecule has 0 aliphatic carbocycles. The van der Waals surface area contributed by atoms with E-state index >= 15 is 0 Å². The van der Waals surface area contributed by atoms with E-state index < -0.39 is 0 Å². The van der Waals surface area contributed by atoms with Gasteiger partial charge in [0, 0.05) is 23.7 Å². The molecule has 2 heterocycles. The third-order valence-corrected chi connectivity index (χ3v) is 6.12. The van der Waals surface area contributed by atoms with E-state index in [1.807, 2.05) is 23.1 Å². The van der Waals surface area contributed by atoms with Gasteiger partial charge in [0.1, 0.15) is 0 Å². The molecule has 1 saturated heterocycles. The van der Waals surface area contributed by atoms with E-state index in [0.29, 0.717) is 23.6 Å². The molecule has 4 nitrogen and oxygen atoms in total. The smallest absolute Gasteiger partial charge is 0.259 e. The molecule has 0 unspecified atom stereocenters. The molecule has 2 N–H and O–H groups in total. The maximum atomic E-state index is 12.7. The van der Waals surface area contributed by atoms with Gasteiger partial charge in [-0.05, 0) is 48.6 Å². The molecule has 3 rings (SSSR count). The van der Waals surface area contributed by atoms with Crippen LogP contribution in [0.1, 0.15) is 54.8 Å². The van der Waals surface area contributed by atoms with Crippen molar-refractivity contribution in [2.75, 3.05) is 6.54 Å². The molecule has 2 aromatic rings. The van der Waals surface area contributed by atoms with Gasteiger partial charge in [0.2, 0.25) is 5.91 Å². The van der Waals surface area contributed by atoms with Crippen LogP contribution in [0.2, 0.25) is 0 Å². The van der Waals surface area contributed by atoms with Crippen molar-refractivity contribution in [1.82, 2.24) is 4.90 Å². The lowest BCUT2D eigenvalue weighted by molar-refractivity contribution is -0.135. The number of thiophene rings is 1. The SMILES string of the molecule is CC(C)CC(=O)N1CCCC[C@@H]1Cc1c(C(N)=O)sc2ccccc12. The summed E-state index contributed by atoms with van der Waals surface area (Å²) in [5, 5.41) is 1.10. The van der Waals surface area contributed by atoms with E-state index in [1.54, 1.807) is 0 Å². The largest absolute Gasteiger partial charge is 0.365 e. The molecule has 0 spiro atoms. The van der Waals surface area contributed by atoms with Gasteiger partial charge in [0.25, 0.3) is 5.91 Å². The van der Waals surface area contributed by atoms with Crippen molar-refractivity contribution in [3.63, 3.8) is 0 Å². The van der Waals surface area contributed by atoms with Crippen molar-refractivity contribution in [2.24, 2.45) is 11.7 Å². The Labute approximate surface area is 153 Å². The third kappa shape index (κ3) is 3.87. The summed E-state index contributed by atoms with van der Waals surface area (Å²) in [5.74, 6) is 0.227. The molecule has 5 heteroatoms. The number of nitrogens with two attached hydrogens (primary N) is 1. The number of amides is 2. The number of hydrogen-bond donors (Lipinski definition) is 1. The Hall–Kier alpha value is -1.88. The molecular weight excluding hydrogens is 332 g/mol. The Balaban J connectivity index is 1.91. The fourth-order valence-corrected chi connectivity index (χ4v) is 4.83. The van der Waals surface area contributed by atoms with Crippen LogP contribution in [-0.4, -0.2) is 29.3 Å². The predicted molar refractivity (Wildman–Crippen MR) is 103 cm³/mol. The van der Waals surface area contributed by atoms with Crippen molar-refractivity contribution in [3.8, 4) is 0 Å². The quantitative estimate of drug-likeness (QED) is 0.879. The highest BCUT2D eigenvalue weighted by Crippen LogP contribution is 2.34. The summed E-state index contributed by atoms with van der Waals surface area (Å²) in [7, 11) is 0. The first-order chi connectivity index (χ1) is 12.0. The van der Waals surface area contributed by atoms with E-state index in [9.17, 15) is 9.59 Å². The number of fused-ring (bicyclic) bond motifs is 1. The topological polar surface area (TPSA) is 63.4 Å². The van der Waals surface area contributed by atoms with E-state index in [4.69, 9.17) is 5.73 Å². The highest BCUT2D eigenvalue weighted by molar-refractivity contribution is 7.21. The van der Waals surface area contributed by atoms with E-state index in [0.717, 1.165) is 41.5 Å². The minimum atomic E-state index is -0.368. The Bertz CT molecular complexity index is 781. The second-order valence-electron chi connectivity index (χ2n) is 7.31. The number of benzene rings is 1. The lowest BCUT2D eigenvalue weighted by Crippen LogP contribution is -2.45. The molecule has 1 aromatic carbocycles. The average molecular weight is 359 g/mol. The number of hydrogen-bond acceptors (Lipinski definition) is 3. The number of likely N-dealkylation sites (tertiary alicyclic amines) is 1. The van der Waals surface area contributed by atoms with Crippen LogP contribution in [0.5, 0.6) is 0 Å². The fourth-order valence-electron chi connectivity index (χ4n) is 3.74. The number of primary amides is 1. The molecule has 1 aliphatic heterocycles. The molecule has 0 saturated carbocycles. The first-order valence-corrected chi connectivity index (χ1v) is 9.88. The van der Waals surface area contributed by atoms with Crippen LogP contribution in [-0.2, 0) is 11.2 Å². The first kappa shape index (κ1) is 17.9. The van der Waals surface area contributed by atoms with Crippen molar-refractivity contribution in [1.29, 1.82) is 0 Å². The lowest BCUT2D eigenvalue weighted by Gasteiger charge is -2.36. The molecule has 1 aromatic heterocycles.